The molecule has 2 rings (SSSR count). The van der Waals surface area contributed by atoms with Gasteiger partial charge in [0.25, 0.3) is 0 Å². The maximum atomic E-state index is 6.05. The van der Waals surface area contributed by atoms with Crippen molar-refractivity contribution in [2.24, 2.45) is 5.73 Å². The SMILES string of the molecule is NC(c1cc[nH]c1)C1COCCN1. The Labute approximate surface area is 77.5 Å². The first-order valence-corrected chi connectivity index (χ1v) is 4.57. The number of H-pyrrole nitrogens is 1. The molecule has 4 heteroatoms. The quantitative estimate of drug-likeness (QED) is 0.602. The highest BCUT2D eigenvalue weighted by Crippen LogP contribution is 2.14. The summed E-state index contributed by atoms with van der Waals surface area (Å²) in [6.45, 7) is 2.38. The van der Waals surface area contributed by atoms with Crippen molar-refractivity contribution in [1.29, 1.82) is 0 Å². The minimum Gasteiger partial charge on any atom is -0.378 e. The minimum atomic E-state index is 0.0200. The molecule has 72 valence electrons. The molecule has 2 heterocycles. The van der Waals surface area contributed by atoms with E-state index in [-0.39, 0.29) is 12.1 Å². The molecule has 13 heavy (non-hydrogen) atoms. The number of rotatable bonds is 2. The van der Waals surface area contributed by atoms with E-state index in [2.05, 4.69) is 10.3 Å². The standard InChI is InChI=1S/C9H15N3O/c10-9(7-1-2-11-5-7)8-6-13-4-3-12-8/h1-2,5,8-9,11-12H,3-4,6,10H2. The maximum absolute atomic E-state index is 6.05. The van der Waals surface area contributed by atoms with Gasteiger partial charge >= 0.3 is 0 Å². The second-order valence-corrected chi connectivity index (χ2v) is 3.31. The van der Waals surface area contributed by atoms with Crippen LogP contribution in [0.4, 0.5) is 0 Å². The predicted molar refractivity (Wildman–Crippen MR) is 50.3 cm³/mol. The average Bonchev–Trinajstić information content (AvgIpc) is 2.71. The number of ether oxygens (including phenoxy) is 1. The van der Waals surface area contributed by atoms with Gasteiger partial charge in [-0.3, -0.25) is 0 Å². The third kappa shape index (κ3) is 1.91. The zero-order valence-electron chi connectivity index (χ0n) is 7.49. The van der Waals surface area contributed by atoms with E-state index in [0.717, 1.165) is 18.7 Å². The molecule has 0 spiro atoms. The molecular formula is C9H15N3O. The zero-order chi connectivity index (χ0) is 9.10. The summed E-state index contributed by atoms with van der Waals surface area (Å²) in [5.74, 6) is 0. The second-order valence-electron chi connectivity index (χ2n) is 3.31. The van der Waals surface area contributed by atoms with Gasteiger partial charge in [0.1, 0.15) is 0 Å². The fourth-order valence-electron chi connectivity index (χ4n) is 1.59. The highest BCUT2D eigenvalue weighted by Gasteiger charge is 2.21. The summed E-state index contributed by atoms with van der Waals surface area (Å²) >= 11 is 0. The van der Waals surface area contributed by atoms with Gasteiger partial charge in [0.05, 0.1) is 13.2 Å². The van der Waals surface area contributed by atoms with Crippen LogP contribution in [0.25, 0.3) is 0 Å². The number of morpholine rings is 1. The van der Waals surface area contributed by atoms with Crippen molar-refractivity contribution in [3.8, 4) is 0 Å². The Morgan fingerprint density at radius 1 is 1.62 bits per heavy atom. The van der Waals surface area contributed by atoms with Gasteiger partial charge < -0.3 is 20.8 Å². The van der Waals surface area contributed by atoms with Gasteiger partial charge in [-0.1, -0.05) is 0 Å². The van der Waals surface area contributed by atoms with Gasteiger partial charge in [-0.05, 0) is 11.6 Å². The first-order valence-electron chi connectivity index (χ1n) is 4.57. The van der Waals surface area contributed by atoms with Gasteiger partial charge in [0, 0.05) is 31.0 Å². The van der Waals surface area contributed by atoms with Crippen molar-refractivity contribution < 1.29 is 4.74 Å². The highest BCUT2D eigenvalue weighted by atomic mass is 16.5. The first-order chi connectivity index (χ1) is 6.38. The Hall–Kier alpha value is -0.840. The smallest absolute Gasteiger partial charge is 0.0638 e. The van der Waals surface area contributed by atoms with Crippen molar-refractivity contribution in [2.75, 3.05) is 19.8 Å². The van der Waals surface area contributed by atoms with Crippen LogP contribution in [0.1, 0.15) is 11.6 Å². The molecule has 0 saturated carbocycles. The van der Waals surface area contributed by atoms with Crippen LogP contribution in [0, 0.1) is 0 Å². The zero-order valence-corrected chi connectivity index (χ0v) is 7.49. The first kappa shape index (κ1) is 8.74. The van der Waals surface area contributed by atoms with E-state index >= 15 is 0 Å². The molecule has 0 aromatic carbocycles. The number of hydrogen-bond donors (Lipinski definition) is 3. The summed E-state index contributed by atoms with van der Waals surface area (Å²) in [6, 6.07) is 2.26. The summed E-state index contributed by atoms with van der Waals surface area (Å²) in [7, 11) is 0. The molecule has 1 aromatic rings. The Kier molecular flexibility index (Phi) is 2.63. The van der Waals surface area contributed by atoms with Crippen LogP contribution in [0.5, 0.6) is 0 Å². The highest BCUT2D eigenvalue weighted by molar-refractivity contribution is 5.15. The predicted octanol–water partition coefficient (Wildman–Crippen LogP) is 0.00290. The summed E-state index contributed by atoms with van der Waals surface area (Å²) in [4.78, 5) is 3.00. The average molecular weight is 181 g/mol. The van der Waals surface area contributed by atoms with Crippen LogP contribution in [0.15, 0.2) is 18.5 Å². The Morgan fingerprint density at radius 2 is 2.54 bits per heavy atom. The van der Waals surface area contributed by atoms with Gasteiger partial charge in [-0.2, -0.15) is 0 Å². The van der Waals surface area contributed by atoms with Crippen LogP contribution in [-0.4, -0.2) is 30.8 Å². The lowest BCUT2D eigenvalue weighted by atomic mass is 10.0. The van der Waals surface area contributed by atoms with Gasteiger partial charge in [-0.25, -0.2) is 0 Å². The van der Waals surface area contributed by atoms with Crippen molar-refractivity contribution >= 4 is 0 Å². The molecule has 4 N–H and O–H groups in total. The Morgan fingerprint density at radius 3 is 3.15 bits per heavy atom. The maximum Gasteiger partial charge on any atom is 0.0638 e. The van der Waals surface area contributed by atoms with E-state index in [0.29, 0.717) is 6.61 Å². The molecule has 2 atom stereocenters. The molecule has 2 unspecified atom stereocenters. The van der Waals surface area contributed by atoms with E-state index in [1.54, 1.807) is 0 Å². The minimum absolute atomic E-state index is 0.0200. The number of nitrogens with one attached hydrogen (secondary N) is 2. The van der Waals surface area contributed by atoms with Crippen LogP contribution >= 0.6 is 0 Å². The number of hydrogen-bond acceptors (Lipinski definition) is 3. The van der Waals surface area contributed by atoms with E-state index in [4.69, 9.17) is 10.5 Å². The molecule has 1 aliphatic heterocycles. The molecule has 0 radical (unpaired) electrons. The molecule has 0 aliphatic carbocycles. The third-order valence-electron chi connectivity index (χ3n) is 2.39. The van der Waals surface area contributed by atoms with Gasteiger partial charge in [0.2, 0.25) is 0 Å². The lowest BCUT2D eigenvalue weighted by Crippen LogP contribution is -2.47. The van der Waals surface area contributed by atoms with Crippen LogP contribution in [0.2, 0.25) is 0 Å². The van der Waals surface area contributed by atoms with E-state index in [1.165, 1.54) is 0 Å². The Bertz CT molecular complexity index is 241. The van der Waals surface area contributed by atoms with Crippen LogP contribution in [-0.2, 0) is 4.74 Å². The van der Waals surface area contributed by atoms with Gasteiger partial charge in [0.15, 0.2) is 0 Å². The number of aromatic nitrogens is 1. The third-order valence-corrected chi connectivity index (χ3v) is 2.39. The van der Waals surface area contributed by atoms with E-state index in [1.807, 2.05) is 18.5 Å². The van der Waals surface area contributed by atoms with Crippen molar-refractivity contribution in [1.82, 2.24) is 10.3 Å². The number of aromatic amines is 1. The topological polar surface area (TPSA) is 63.1 Å². The number of nitrogens with two attached hydrogens (primary N) is 1. The molecule has 1 fully saturated rings. The van der Waals surface area contributed by atoms with Crippen LogP contribution < -0.4 is 11.1 Å². The van der Waals surface area contributed by atoms with Crippen LogP contribution in [0.3, 0.4) is 0 Å². The van der Waals surface area contributed by atoms with Crippen molar-refractivity contribution in [2.45, 2.75) is 12.1 Å². The normalized spacial score (nSPS) is 25.8. The molecule has 0 bridgehead atoms. The molecule has 4 nitrogen and oxygen atoms in total. The molecule has 1 aromatic heterocycles. The van der Waals surface area contributed by atoms with Crippen molar-refractivity contribution in [3.63, 3.8) is 0 Å². The summed E-state index contributed by atoms with van der Waals surface area (Å²) in [6.07, 6.45) is 3.82. The van der Waals surface area contributed by atoms with Crippen molar-refractivity contribution in [3.05, 3.63) is 24.0 Å². The molecule has 1 saturated heterocycles. The van der Waals surface area contributed by atoms with Gasteiger partial charge in [-0.15, -0.1) is 0 Å². The lowest BCUT2D eigenvalue weighted by molar-refractivity contribution is 0.0685. The largest absolute Gasteiger partial charge is 0.378 e. The Balaban J connectivity index is 1.99. The fraction of sp³-hybridized carbons (Fsp3) is 0.556. The monoisotopic (exact) mass is 181 g/mol. The van der Waals surface area contributed by atoms with E-state index < -0.39 is 0 Å². The molecular weight excluding hydrogens is 166 g/mol. The molecule has 1 aliphatic rings. The second kappa shape index (κ2) is 3.91. The lowest BCUT2D eigenvalue weighted by Gasteiger charge is -2.28. The molecule has 0 amide bonds. The van der Waals surface area contributed by atoms with E-state index in [9.17, 15) is 0 Å². The summed E-state index contributed by atoms with van der Waals surface area (Å²) in [5, 5.41) is 3.34. The fourth-order valence-corrected chi connectivity index (χ4v) is 1.59. The summed E-state index contributed by atoms with van der Waals surface area (Å²) in [5.41, 5.74) is 7.18. The summed E-state index contributed by atoms with van der Waals surface area (Å²) < 4.78 is 5.35.